The maximum atomic E-state index is 9.55. The number of carbonyl (C=O) groups is 2. The molecule has 7 heteroatoms. The van der Waals surface area contributed by atoms with Gasteiger partial charge in [0.1, 0.15) is 0 Å². The van der Waals surface area contributed by atoms with Crippen LogP contribution in [-0.2, 0) is 22.6 Å². The maximum Gasteiger partial charge on any atom is 0.328 e. The molecule has 1 atom stereocenters. The Labute approximate surface area is 150 Å². The van der Waals surface area contributed by atoms with E-state index in [1.165, 1.54) is 22.4 Å². The summed E-state index contributed by atoms with van der Waals surface area (Å²) in [6, 6.07) is 8.45. The fraction of sp³-hybridized carbons (Fsp3) is 0.222. The molecule has 25 heavy (non-hydrogen) atoms. The molecule has 3 rings (SSSR count). The standard InChI is InChI=1S/C14H15ClN2.C4H4O4/c1-9(16)8-17-6-5-10-7-12-11(14(10)17)3-2-4-13(12)15;5-3(6)1-2-4(7)8/h2-6,9H,7-8,16H2,1H3;1-2H,(H,5,6)(H,7,8)/b;2-1+. The summed E-state index contributed by atoms with van der Waals surface area (Å²) in [6.07, 6.45) is 4.18. The smallest absolute Gasteiger partial charge is 0.328 e. The van der Waals surface area contributed by atoms with Crippen molar-refractivity contribution in [3.05, 3.63) is 58.8 Å². The van der Waals surface area contributed by atoms with Crippen LogP contribution in [0.2, 0.25) is 5.02 Å². The molecule has 0 spiro atoms. The Hall–Kier alpha value is -2.57. The molecular weight excluding hydrogens is 344 g/mol. The summed E-state index contributed by atoms with van der Waals surface area (Å²) in [5.74, 6) is -2.51. The molecule has 1 heterocycles. The van der Waals surface area contributed by atoms with Crippen molar-refractivity contribution in [2.24, 2.45) is 5.73 Å². The van der Waals surface area contributed by atoms with Crippen molar-refractivity contribution < 1.29 is 19.8 Å². The third-order valence-electron chi connectivity index (χ3n) is 3.64. The Morgan fingerprint density at radius 1 is 1.28 bits per heavy atom. The summed E-state index contributed by atoms with van der Waals surface area (Å²) in [5, 5.41) is 16.5. The Morgan fingerprint density at radius 2 is 1.92 bits per heavy atom. The number of benzene rings is 1. The summed E-state index contributed by atoms with van der Waals surface area (Å²) >= 11 is 6.24. The Kier molecular flexibility index (Phi) is 6.01. The molecule has 132 valence electrons. The molecule has 1 aliphatic carbocycles. The van der Waals surface area contributed by atoms with Gasteiger partial charge < -0.3 is 20.5 Å². The van der Waals surface area contributed by atoms with Crippen LogP contribution in [0.4, 0.5) is 0 Å². The SMILES string of the molecule is CC(N)Cn1ccc2c1-c1cccc(Cl)c1C2.O=C(O)/C=C/C(=O)O. The third-order valence-corrected chi connectivity index (χ3v) is 4.00. The highest BCUT2D eigenvalue weighted by Crippen LogP contribution is 2.40. The van der Waals surface area contributed by atoms with E-state index in [2.05, 4.69) is 22.9 Å². The lowest BCUT2D eigenvalue weighted by molar-refractivity contribution is -0.134. The van der Waals surface area contributed by atoms with E-state index in [9.17, 15) is 9.59 Å². The van der Waals surface area contributed by atoms with E-state index in [0.29, 0.717) is 12.2 Å². The second kappa shape index (κ2) is 8.00. The second-order valence-electron chi connectivity index (χ2n) is 5.77. The van der Waals surface area contributed by atoms with Crippen LogP contribution in [-0.4, -0.2) is 32.8 Å². The molecule has 0 aliphatic heterocycles. The zero-order chi connectivity index (χ0) is 18.6. The quantitative estimate of drug-likeness (QED) is 0.619. The minimum Gasteiger partial charge on any atom is -0.478 e. The topological polar surface area (TPSA) is 106 Å². The predicted molar refractivity (Wildman–Crippen MR) is 95.7 cm³/mol. The Bertz CT molecular complexity index is 808. The van der Waals surface area contributed by atoms with Gasteiger partial charge in [0.25, 0.3) is 0 Å². The first kappa shape index (κ1) is 18.8. The average Bonchev–Trinajstić information content (AvgIpc) is 3.07. The van der Waals surface area contributed by atoms with Crippen molar-refractivity contribution in [2.45, 2.75) is 25.9 Å². The van der Waals surface area contributed by atoms with Crippen molar-refractivity contribution in [2.75, 3.05) is 0 Å². The van der Waals surface area contributed by atoms with Crippen LogP contribution in [0, 0.1) is 0 Å². The van der Waals surface area contributed by atoms with Crippen LogP contribution < -0.4 is 5.73 Å². The van der Waals surface area contributed by atoms with E-state index in [0.717, 1.165) is 18.0 Å². The van der Waals surface area contributed by atoms with Crippen LogP contribution in [0.1, 0.15) is 18.1 Å². The van der Waals surface area contributed by atoms with E-state index in [-0.39, 0.29) is 6.04 Å². The summed E-state index contributed by atoms with van der Waals surface area (Å²) in [6.45, 7) is 2.88. The Balaban J connectivity index is 0.000000242. The molecule has 0 fully saturated rings. The van der Waals surface area contributed by atoms with E-state index in [1.54, 1.807) is 0 Å². The molecule has 0 saturated heterocycles. The first-order chi connectivity index (χ1) is 11.8. The van der Waals surface area contributed by atoms with Gasteiger partial charge in [-0.1, -0.05) is 23.7 Å². The minimum atomic E-state index is -1.26. The average molecular weight is 363 g/mol. The van der Waals surface area contributed by atoms with Gasteiger partial charge in [0, 0.05) is 47.9 Å². The number of carboxylic acids is 2. The molecule has 1 aromatic heterocycles. The monoisotopic (exact) mass is 362 g/mol. The maximum absolute atomic E-state index is 9.55. The fourth-order valence-electron chi connectivity index (χ4n) is 2.74. The Morgan fingerprint density at radius 3 is 2.48 bits per heavy atom. The van der Waals surface area contributed by atoms with Crippen LogP contribution in [0.15, 0.2) is 42.6 Å². The first-order valence-electron chi connectivity index (χ1n) is 7.65. The largest absolute Gasteiger partial charge is 0.478 e. The number of hydrogen-bond acceptors (Lipinski definition) is 3. The van der Waals surface area contributed by atoms with Gasteiger partial charge in [0.05, 0.1) is 5.69 Å². The van der Waals surface area contributed by atoms with Gasteiger partial charge in [0.15, 0.2) is 0 Å². The van der Waals surface area contributed by atoms with E-state index in [4.69, 9.17) is 27.5 Å². The molecule has 6 nitrogen and oxygen atoms in total. The highest BCUT2D eigenvalue weighted by atomic mass is 35.5. The normalized spacial score (nSPS) is 12.9. The number of fused-ring (bicyclic) bond motifs is 3. The zero-order valence-corrected chi connectivity index (χ0v) is 14.4. The highest BCUT2D eigenvalue weighted by Gasteiger charge is 2.23. The van der Waals surface area contributed by atoms with E-state index < -0.39 is 11.9 Å². The number of halogens is 1. The number of rotatable bonds is 4. The van der Waals surface area contributed by atoms with Crippen LogP contribution in [0.3, 0.4) is 0 Å². The zero-order valence-electron chi connectivity index (χ0n) is 13.6. The number of aromatic nitrogens is 1. The lowest BCUT2D eigenvalue weighted by Crippen LogP contribution is -2.22. The second-order valence-corrected chi connectivity index (χ2v) is 6.18. The molecule has 4 N–H and O–H groups in total. The van der Waals surface area contributed by atoms with E-state index in [1.807, 2.05) is 19.1 Å². The number of aliphatic carboxylic acids is 2. The summed E-state index contributed by atoms with van der Waals surface area (Å²) in [7, 11) is 0. The summed E-state index contributed by atoms with van der Waals surface area (Å²) in [5.41, 5.74) is 11.0. The van der Waals surface area contributed by atoms with Crippen molar-refractivity contribution in [3.63, 3.8) is 0 Å². The summed E-state index contributed by atoms with van der Waals surface area (Å²) in [4.78, 5) is 19.1. The number of carboxylic acid groups (broad SMARTS) is 2. The van der Waals surface area contributed by atoms with Gasteiger partial charge in [-0.3, -0.25) is 0 Å². The van der Waals surface area contributed by atoms with Crippen molar-refractivity contribution in [1.29, 1.82) is 0 Å². The summed E-state index contributed by atoms with van der Waals surface area (Å²) < 4.78 is 2.24. The molecule has 0 amide bonds. The number of hydrogen-bond donors (Lipinski definition) is 3. The van der Waals surface area contributed by atoms with Crippen molar-refractivity contribution >= 4 is 23.5 Å². The third kappa shape index (κ3) is 4.71. The van der Waals surface area contributed by atoms with Crippen LogP contribution in [0.5, 0.6) is 0 Å². The van der Waals surface area contributed by atoms with Crippen molar-refractivity contribution in [3.8, 4) is 11.3 Å². The first-order valence-corrected chi connectivity index (χ1v) is 8.02. The molecule has 0 bridgehead atoms. The van der Waals surface area contributed by atoms with Gasteiger partial charge in [-0.2, -0.15) is 0 Å². The van der Waals surface area contributed by atoms with Crippen LogP contribution >= 0.6 is 11.6 Å². The lowest BCUT2D eigenvalue weighted by atomic mass is 10.1. The fourth-order valence-corrected chi connectivity index (χ4v) is 2.99. The van der Waals surface area contributed by atoms with E-state index >= 15 is 0 Å². The molecular formula is C18H19ClN2O4. The lowest BCUT2D eigenvalue weighted by Gasteiger charge is -2.11. The predicted octanol–water partition coefficient (Wildman–Crippen LogP) is 2.77. The molecule has 1 unspecified atom stereocenters. The van der Waals surface area contributed by atoms with Crippen molar-refractivity contribution in [1.82, 2.24) is 4.57 Å². The van der Waals surface area contributed by atoms with Crippen LogP contribution in [0.25, 0.3) is 11.3 Å². The van der Waals surface area contributed by atoms with Gasteiger partial charge in [-0.25, -0.2) is 9.59 Å². The number of nitrogens with zero attached hydrogens (tertiary/aromatic N) is 1. The molecule has 0 radical (unpaired) electrons. The molecule has 2 aromatic rings. The number of nitrogens with two attached hydrogens (primary N) is 1. The van der Waals surface area contributed by atoms with Gasteiger partial charge in [-0.05, 0) is 30.2 Å². The molecule has 1 aromatic carbocycles. The van der Waals surface area contributed by atoms with Gasteiger partial charge in [0.2, 0.25) is 0 Å². The van der Waals surface area contributed by atoms with Gasteiger partial charge >= 0.3 is 11.9 Å². The molecule has 1 aliphatic rings. The van der Waals surface area contributed by atoms with Gasteiger partial charge in [-0.15, -0.1) is 0 Å². The highest BCUT2D eigenvalue weighted by molar-refractivity contribution is 6.32. The minimum absolute atomic E-state index is 0.162. The molecule has 0 saturated carbocycles.